The van der Waals surface area contributed by atoms with E-state index in [1.165, 1.54) is 0 Å². The second-order valence-electron chi connectivity index (χ2n) is 8.29. The van der Waals surface area contributed by atoms with Crippen molar-refractivity contribution >= 4 is 20.3 Å². The van der Waals surface area contributed by atoms with E-state index >= 15 is 0 Å². The first-order valence-electron chi connectivity index (χ1n) is 11.0. The van der Waals surface area contributed by atoms with Crippen molar-refractivity contribution < 1.29 is 23.9 Å². The van der Waals surface area contributed by atoms with Gasteiger partial charge in [0.15, 0.2) is 8.32 Å². The van der Waals surface area contributed by atoms with Crippen LogP contribution in [-0.4, -0.2) is 37.6 Å². The molecule has 0 saturated carbocycles. The van der Waals surface area contributed by atoms with Crippen LogP contribution in [0.25, 0.3) is 0 Å². The van der Waals surface area contributed by atoms with Gasteiger partial charge in [-0.05, 0) is 44.3 Å². The highest BCUT2D eigenvalue weighted by atomic mass is 28.4. The van der Waals surface area contributed by atoms with Gasteiger partial charge in [0.05, 0.1) is 18.6 Å². The molecule has 0 spiro atoms. The molecule has 1 atom stereocenters. The summed E-state index contributed by atoms with van der Waals surface area (Å²) in [5.41, 5.74) is -0.284. The lowest BCUT2D eigenvalue weighted by atomic mass is 9.95. The first-order valence-corrected chi connectivity index (χ1v) is 13.6. The number of carboxylic acids is 1. The normalized spacial score (nSPS) is 15.0. The maximum atomic E-state index is 12.0. The Morgan fingerprint density at radius 2 is 1.69 bits per heavy atom. The summed E-state index contributed by atoms with van der Waals surface area (Å²) in [5.74, 6) is -0.996. The molecule has 0 radical (unpaired) electrons. The number of carbonyl (C=O) groups is 2. The molecule has 0 aliphatic rings. The van der Waals surface area contributed by atoms with Gasteiger partial charge in [-0.3, -0.25) is 4.79 Å². The molecule has 168 valence electrons. The molecule has 0 saturated heterocycles. The van der Waals surface area contributed by atoms with Crippen molar-refractivity contribution in [3.63, 3.8) is 0 Å². The summed E-state index contributed by atoms with van der Waals surface area (Å²) >= 11 is 0. The topological polar surface area (TPSA) is 72.8 Å². The molecule has 1 N–H and O–H groups in total. The lowest BCUT2D eigenvalue weighted by Crippen LogP contribution is -2.45. The van der Waals surface area contributed by atoms with Gasteiger partial charge >= 0.3 is 11.9 Å². The second-order valence-corrected chi connectivity index (χ2v) is 13.0. The SMILES string of the molecule is CCOC(=O)/C(=C/C=C/[C@](C)(CCCC(C)C)O[Si](CC)(CC)CC)CC(=O)O. The quantitative estimate of drug-likeness (QED) is 0.148. The lowest BCUT2D eigenvalue weighted by molar-refractivity contribution is -0.142. The van der Waals surface area contributed by atoms with Crippen LogP contribution in [-0.2, 0) is 18.8 Å². The zero-order valence-corrected chi connectivity index (χ0v) is 20.5. The molecule has 0 aliphatic carbocycles. The number of esters is 1. The minimum absolute atomic E-state index is 0.144. The molecule has 29 heavy (non-hydrogen) atoms. The number of ether oxygens (including phenoxy) is 1. The van der Waals surface area contributed by atoms with E-state index in [4.69, 9.17) is 14.3 Å². The maximum absolute atomic E-state index is 12.0. The Morgan fingerprint density at radius 3 is 2.14 bits per heavy atom. The van der Waals surface area contributed by atoms with Crippen LogP contribution >= 0.6 is 0 Å². The molecule has 0 bridgehead atoms. The third kappa shape index (κ3) is 10.8. The standard InChI is InChI=1S/C23H42O5Si/c1-8-27-22(26)20(18-21(24)25)15-13-17-23(7,16-12-14-19(5)6)28-29(9-2,10-3)11-4/h13,15,17,19H,8-12,14,16,18H2,1-7H3,(H,24,25)/b17-13+,20-15+/t23-/m0/s1. The van der Waals surface area contributed by atoms with Crippen molar-refractivity contribution in [2.75, 3.05) is 6.61 Å². The van der Waals surface area contributed by atoms with Crippen LogP contribution in [0.2, 0.25) is 18.1 Å². The van der Waals surface area contributed by atoms with E-state index in [0.29, 0.717) is 5.92 Å². The van der Waals surface area contributed by atoms with Crippen molar-refractivity contribution in [2.24, 2.45) is 5.92 Å². The van der Waals surface area contributed by atoms with E-state index in [1.54, 1.807) is 19.1 Å². The Kier molecular flexibility index (Phi) is 13.1. The molecule has 0 amide bonds. The van der Waals surface area contributed by atoms with Gasteiger partial charge in [-0.1, -0.05) is 65.7 Å². The summed E-state index contributed by atoms with van der Waals surface area (Å²) in [6.45, 7) is 15.1. The molecule has 0 rings (SSSR count). The number of aliphatic carboxylic acids is 1. The van der Waals surface area contributed by atoms with Gasteiger partial charge in [-0.15, -0.1) is 0 Å². The number of allylic oxidation sites excluding steroid dienone is 2. The highest BCUT2D eigenvalue weighted by Crippen LogP contribution is 2.32. The van der Waals surface area contributed by atoms with E-state index in [2.05, 4.69) is 41.5 Å². The van der Waals surface area contributed by atoms with Gasteiger partial charge in [-0.25, -0.2) is 4.79 Å². The number of hydrogen-bond acceptors (Lipinski definition) is 4. The summed E-state index contributed by atoms with van der Waals surface area (Å²) in [5, 5.41) is 9.09. The third-order valence-corrected chi connectivity index (χ3v) is 10.2. The minimum atomic E-state index is -1.83. The third-order valence-electron chi connectivity index (χ3n) is 5.46. The van der Waals surface area contributed by atoms with Crippen LogP contribution in [0.1, 0.15) is 74.1 Å². The molecule has 0 unspecified atom stereocenters. The van der Waals surface area contributed by atoms with Gasteiger partial charge in [-0.2, -0.15) is 0 Å². The highest BCUT2D eigenvalue weighted by molar-refractivity contribution is 6.73. The van der Waals surface area contributed by atoms with Crippen LogP contribution in [0.5, 0.6) is 0 Å². The molecular weight excluding hydrogens is 384 g/mol. The van der Waals surface area contributed by atoms with Crippen LogP contribution in [0.4, 0.5) is 0 Å². The van der Waals surface area contributed by atoms with E-state index in [0.717, 1.165) is 37.4 Å². The molecule has 0 aromatic carbocycles. The van der Waals surface area contributed by atoms with Crippen molar-refractivity contribution in [1.82, 2.24) is 0 Å². The average Bonchev–Trinajstić information content (AvgIpc) is 2.65. The Hall–Kier alpha value is -1.40. The van der Waals surface area contributed by atoms with Crippen LogP contribution in [0, 0.1) is 5.92 Å². The Bertz CT molecular complexity index is 555. The summed E-state index contributed by atoms with van der Waals surface area (Å²) in [6, 6.07) is 3.20. The molecule has 0 aromatic heterocycles. The molecule has 0 aliphatic heterocycles. The fourth-order valence-electron chi connectivity index (χ4n) is 3.44. The molecule has 6 heteroatoms. The fraction of sp³-hybridized carbons (Fsp3) is 0.739. The number of hydrogen-bond donors (Lipinski definition) is 1. The van der Waals surface area contributed by atoms with E-state index in [-0.39, 0.29) is 18.6 Å². The summed E-state index contributed by atoms with van der Waals surface area (Å²) in [7, 11) is -1.83. The van der Waals surface area contributed by atoms with Crippen LogP contribution in [0.15, 0.2) is 23.8 Å². The Balaban J connectivity index is 5.68. The minimum Gasteiger partial charge on any atom is -0.481 e. The van der Waals surface area contributed by atoms with Crippen molar-refractivity contribution in [3.05, 3.63) is 23.8 Å². The number of carbonyl (C=O) groups excluding carboxylic acids is 1. The smallest absolute Gasteiger partial charge is 0.334 e. The first kappa shape index (κ1) is 27.6. The zero-order valence-electron chi connectivity index (χ0n) is 19.5. The van der Waals surface area contributed by atoms with Crippen LogP contribution < -0.4 is 0 Å². The van der Waals surface area contributed by atoms with E-state index in [9.17, 15) is 9.59 Å². The predicted octanol–water partition coefficient (Wildman–Crippen LogP) is 6.11. The maximum Gasteiger partial charge on any atom is 0.334 e. The zero-order chi connectivity index (χ0) is 22.5. The number of rotatable bonds is 15. The van der Waals surface area contributed by atoms with Gasteiger partial charge in [0, 0.05) is 5.57 Å². The first-order chi connectivity index (χ1) is 13.6. The van der Waals surface area contributed by atoms with Gasteiger partial charge in [0.25, 0.3) is 0 Å². The molecular formula is C23H42O5Si. The monoisotopic (exact) mass is 426 g/mol. The summed E-state index contributed by atoms with van der Waals surface area (Å²) in [4.78, 5) is 23.1. The van der Waals surface area contributed by atoms with Gasteiger partial charge in [0.1, 0.15) is 0 Å². The molecule has 0 aromatic rings. The molecule has 0 fully saturated rings. The second kappa shape index (κ2) is 13.8. The van der Waals surface area contributed by atoms with E-state index < -0.39 is 25.9 Å². The molecule has 5 nitrogen and oxygen atoms in total. The van der Waals surface area contributed by atoms with Gasteiger partial charge < -0.3 is 14.3 Å². The van der Waals surface area contributed by atoms with Crippen LogP contribution in [0.3, 0.4) is 0 Å². The average molecular weight is 427 g/mol. The number of carboxylic acid groups (broad SMARTS) is 1. The van der Waals surface area contributed by atoms with Crippen molar-refractivity contribution in [2.45, 2.75) is 97.9 Å². The largest absolute Gasteiger partial charge is 0.481 e. The predicted molar refractivity (Wildman–Crippen MR) is 121 cm³/mol. The Morgan fingerprint density at radius 1 is 1.10 bits per heavy atom. The van der Waals surface area contributed by atoms with E-state index in [1.807, 2.05) is 6.08 Å². The summed E-state index contributed by atoms with van der Waals surface area (Å²) in [6.07, 6.45) is 8.06. The Labute approximate surface area is 178 Å². The summed E-state index contributed by atoms with van der Waals surface area (Å²) < 4.78 is 11.8. The lowest BCUT2D eigenvalue weighted by Gasteiger charge is -2.39. The highest BCUT2D eigenvalue weighted by Gasteiger charge is 2.36. The fourth-order valence-corrected chi connectivity index (χ4v) is 6.54. The van der Waals surface area contributed by atoms with Crippen molar-refractivity contribution in [3.8, 4) is 0 Å². The van der Waals surface area contributed by atoms with Crippen molar-refractivity contribution in [1.29, 1.82) is 0 Å². The van der Waals surface area contributed by atoms with Gasteiger partial charge in [0.2, 0.25) is 0 Å². The molecule has 0 heterocycles.